The van der Waals surface area contributed by atoms with Crippen molar-refractivity contribution in [1.29, 1.82) is 0 Å². The van der Waals surface area contributed by atoms with Crippen LogP contribution in [0.3, 0.4) is 0 Å². The Morgan fingerprint density at radius 2 is 1.95 bits per heavy atom. The van der Waals surface area contributed by atoms with Gasteiger partial charge in [0.15, 0.2) is 5.79 Å². The number of thiophene rings is 1. The van der Waals surface area contributed by atoms with Crippen molar-refractivity contribution >= 4 is 40.4 Å². The standard InChI is InChI=1S/C14H17Cl2NO3S/c1-17(13(18)10-8-11(15)21-12(10)16)9-2-4-14(5-3-9)19-6-7-20-14/h8-9H,2-7H2,1H3. The van der Waals surface area contributed by atoms with Gasteiger partial charge in [-0.05, 0) is 18.9 Å². The minimum atomic E-state index is -0.399. The van der Waals surface area contributed by atoms with E-state index < -0.39 is 5.79 Å². The maximum atomic E-state index is 12.5. The zero-order chi connectivity index (χ0) is 15.0. The van der Waals surface area contributed by atoms with Crippen LogP contribution in [0, 0.1) is 0 Å². The molecule has 1 aromatic heterocycles. The molecule has 2 aliphatic rings. The molecule has 1 saturated heterocycles. The largest absolute Gasteiger partial charge is 0.348 e. The van der Waals surface area contributed by atoms with Crippen molar-refractivity contribution in [3.8, 4) is 0 Å². The van der Waals surface area contributed by atoms with Gasteiger partial charge in [-0.25, -0.2) is 0 Å². The summed E-state index contributed by atoms with van der Waals surface area (Å²) in [6.07, 6.45) is 3.40. The van der Waals surface area contributed by atoms with Crippen LogP contribution in [-0.4, -0.2) is 42.9 Å². The van der Waals surface area contributed by atoms with Gasteiger partial charge in [0.2, 0.25) is 0 Å². The molecule has 4 nitrogen and oxygen atoms in total. The molecule has 1 spiro atoms. The van der Waals surface area contributed by atoms with E-state index in [1.807, 2.05) is 7.05 Å². The first-order valence-corrected chi connectivity index (χ1v) is 8.58. The monoisotopic (exact) mass is 349 g/mol. The average molecular weight is 350 g/mol. The Morgan fingerprint density at radius 1 is 1.33 bits per heavy atom. The number of carbonyl (C=O) groups excluding carboxylic acids is 1. The molecule has 2 fully saturated rings. The van der Waals surface area contributed by atoms with Crippen LogP contribution in [0.4, 0.5) is 0 Å². The first-order chi connectivity index (χ1) is 10.0. The molecule has 1 saturated carbocycles. The number of rotatable bonds is 2. The second-order valence-corrected chi connectivity index (χ2v) is 7.78. The third kappa shape index (κ3) is 3.08. The SMILES string of the molecule is CN(C(=O)c1cc(Cl)sc1Cl)C1CCC2(CC1)OCCO2. The van der Waals surface area contributed by atoms with Gasteiger partial charge < -0.3 is 14.4 Å². The summed E-state index contributed by atoms with van der Waals surface area (Å²) in [4.78, 5) is 14.3. The first-order valence-electron chi connectivity index (χ1n) is 7.01. The van der Waals surface area contributed by atoms with Crippen LogP contribution < -0.4 is 0 Å². The number of ether oxygens (including phenoxy) is 2. The van der Waals surface area contributed by atoms with E-state index in [-0.39, 0.29) is 11.9 Å². The molecule has 0 radical (unpaired) electrons. The maximum Gasteiger partial charge on any atom is 0.256 e. The molecule has 3 rings (SSSR count). The Labute approximate surface area is 137 Å². The fourth-order valence-electron chi connectivity index (χ4n) is 3.06. The number of carbonyl (C=O) groups is 1. The highest BCUT2D eigenvalue weighted by Crippen LogP contribution is 2.38. The van der Waals surface area contributed by atoms with Gasteiger partial charge in [0.1, 0.15) is 4.34 Å². The van der Waals surface area contributed by atoms with E-state index in [1.165, 1.54) is 11.3 Å². The van der Waals surface area contributed by atoms with Crippen molar-refractivity contribution < 1.29 is 14.3 Å². The van der Waals surface area contributed by atoms with Crippen molar-refractivity contribution in [2.75, 3.05) is 20.3 Å². The molecule has 2 heterocycles. The van der Waals surface area contributed by atoms with Gasteiger partial charge in [0.25, 0.3) is 5.91 Å². The lowest BCUT2D eigenvalue weighted by Crippen LogP contribution is -2.44. The highest BCUT2D eigenvalue weighted by molar-refractivity contribution is 7.20. The first kappa shape index (κ1) is 15.6. The Bertz CT molecular complexity index is 532. The van der Waals surface area contributed by atoms with Crippen LogP contribution in [0.5, 0.6) is 0 Å². The number of hydrogen-bond donors (Lipinski definition) is 0. The minimum absolute atomic E-state index is 0.0719. The summed E-state index contributed by atoms with van der Waals surface area (Å²) in [5, 5.41) is 0. The zero-order valence-electron chi connectivity index (χ0n) is 11.7. The smallest absolute Gasteiger partial charge is 0.256 e. The molecular formula is C14H17Cl2NO3S. The third-order valence-electron chi connectivity index (χ3n) is 4.29. The average Bonchev–Trinajstić information content (AvgIpc) is 3.05. The van der Waals surface area contributed by atoms with E-state index in [0.29, 0.717) is 27.4 Å². The lowest BCUT2D eigenvalue weighted by molar-refractivity contribution is -0.182. The van der Waals surface area contributed by atoms with Gasteiger partial charge in [0.05, 0.1) is 23.1 Å². The van der Waals surface area contributed by atoms with Crippen LogP contribution in [-0.2, 0) is 9.47 Å². The summed E-state index contributed by atoms with van der Waals surface area (Å²) in [6, 6.07) is 1.83. The summed E-state index contributed by atoms with van der Waals surface area (Å²) in [6.45, 7) is 1.34. The molecule has 1 aliphatic carbocycles. The van der Waals surface area contributed by atoms with E-state index >= 15 is 0 Å². The lowest BCUT2D eigenvalue weighted by atomic mass is 9.89. The van der Waals surface area contributed by atoms with Crippen LogP contribution >= 0.6 is 34.5 Å². The van der Waals surface area contributed by atoms with E-state index in [0.717, 1.165) is 25.7 Å². The molecule has 0 atom stereocenters. The van der Waals surface area contributed by atoms with Crippen LogP contribution in [0.15, 0.2) is 6.07 Å². The molecular weight excluding hydrogens is 333 g/mol. The number of nitrogens with zero attached hydrogens (tertiary/aromatic N) is 1. The molecule has 0 bridgehead atoms. The Hall–Kier alpha value is -0.330. The van der Waals surface area contributed by atoms with Crippen molar-refractivity contribution in [2.45, 2.75) is 37.5 Å². The highest BCUT2D eigenvalue weighted by Gasteiger charge is 2.41. The number of amides is 1. The van der Waals surface area contributed by atoms with Crippen LogP contribution in [0.1, 0.15) is 36.0 Å². The molecule has 1 aromatic rings. The van der Waals surface area contributed by atoms with Crippen molar-refractivity contribution in [3.63, 3.8) is 0 Å². The minimum Gasteiger partial charge on any atom is -0.348 e. The summed E-state index contributed by atoms with van der Waals surface area (Å²) < 4.78 is 12.4. The second kappa shape index (κ2) is 6.05. The van der Waals surface area contributed by atoms with Gasteiger partial charge in [-0.1, -0.05) is 23.2 Å². The summed E-state index contributed by atoms with van der Waals surface area (Å²) in [5.74, 6) is -0.471. The molecule has 116 valence electrons. The van der Waals surface area contributed by atoms with Gasteiger partial charge in [-0.2, -0.15) is 0 Å². The van der Waals surface area contributed by atoms with Crippen molar-refractivity contribution in [2.24, 2.45) is 0 Å². The van der Waals surface area contributed by atoms with Crippen LogP contribution in [0.25, 0.3) is 0 Å². The van der Waals surface area contributed by atoms with Gasteiger partial charge in [-0.3, -0.25) is 4.79 Å². The summed E-state index contributed by atoms with van der Waals surface area (Å²) >= 11 is 13.2. The summed E-state index contributed by atoms with van der Waals surface area (Å²) in [7, 11) is 1.82. The number of hydrogen-bond acceptors (Lipinski definition) is 4. The summed E-state index contributed by atoms with van der Waals surface area (Å²) in [5.41, 5.74) is 0.489. The highest BCUT2D eigenvalue weighted by atomic mass is 35.5. The quantitative estimate of drug-likeness (QED) is 0.814. The lowest BCUT2D eigenvalue weighted by Gasteiger charge is -2.39. The van der Waals surface area contributed by atoms with Crippen molar-refractivity contribution in [3.05, 3.63) is 20.3 Å². The molecule has 0 N–H and O–H groups in total. The van der Waals surface area contributed by atoms with Gasteiger partial charge in [0, 0.05) is 25.9 Å². The number of halogens is 2. The fraction of sp³-hybridized carbons (Fsp3) is 0.643. The van der Waals surface area contributed by atoms with E-state index in [2.05, 4.69) is 0 Å². The Balaban J connectivity index is 1.65. The topological polar surface area (TPSA) is 38.8 Å². The Morgan fingerprint density at radius 3 is 2.48 bits per heavy atom. The Kier molecular flexibility index (Phi) is 4.48. The third-order valence-corrected chi connectivity index (χ3v) is 5.77. The molecule has 21 heavy (non-hydrogen) atoms. The van der Waals surface area contributed by atoms with E-state index in [9.17, 15) is 4.79 Å². The normalized spacial score (nSPS) is 21.9. The fourth-order valence-corrected chi connectivity index (χ4v) is 4.51. The van der Waals surface area contributed by atoms with E-state index in [1.54, 1.807) is 11.0 Å². The molecule has 1 amide bonds. The predicted molar refractivity (Wildman–Crippen MR) is 83.3 cm³/mol. The predicted octanol–water partition coefficient (Wildman–Crippen LogP) is 3.81. The maximum absolute atomic E-state index is 12.5. The zero-order valence-corrected chi connectivity index (χ0v) is 14.1. The molecule has 7 heteroatoms. The molecule has 0 aromatic carbocycles. The van der Waals surface area contributed by atoms with Gasteiger partial charge >= 0.3 is 0 Å². The van der Waals surface area contributed by atoms with Crippen LogP contribution in [0.2, 0.25) is 8.67 Å². The van der Waals surface area contributed by atoms with Gasteiger partial charge in [-0.15, -0.1) is 11.3 Å². The molecule has 0 unspecified atom stereocenters. The van der Waals surface area contributed by atoms with E-state index in [4.69, 9.17) is 32.7 Å². The second-order valence-electron chi connectivity index (χ2n) is 5.49. The molecule has 1 aliphatic heterocycles. The van der Waals surface area contributed by atoms with Crippen molar-refractivity contribution in [1.82, 2.24) is 4.90 Å².